The summed E-state index contributed by atoms with van der Waals surface area (Å²) in [5.74, 6) is 3.15. The fourth-order valence-corrected chi connectivity index (χ4v) is 4.33. The number of halogens is 1. The monoisotopic (exact) mass is 512 g/mol. The van der Waals surface area contributed by atoms with Crippen molar-refractivity contribution in [3.8, 4) is 23.0 Å². The van der Waals surface area contributed by atoms with E-state index >= 15 is 0 Å². The first kappa shape index (κ1) is 27.5. The van der Waals surface area contributed by atoms with Crippen LogP contribution in [-0.2, 0) is 13.0 Å². The SMILES string of the molecule is CCOc1ccccc1N1CCN(CCc2ccc(COc3cc(OC)cc(OC)c3)cc2)CC1.Cl. The number of para-hydroxylation sites is 2. The maximum absolute atomic E-state index is 5.96. The number of benzene rings is 3. The van der Waals surface area contributed by atoms with Crippen molar-refractivity contribution in [3.63, 3.8) is 0 Å². The molecule has 0 unspecified atom stereocenters. The molecule has 0 atom stereocenters. The van der Waals surface area contributed by atoms with Gasteiger partial charge in [-0.25, -0.2) is 0 Å². The molecule has 0 saturated carbocycles. The van der Waals surface area contributed by atoms with E-state index in [2.05, 4.69) is 52.3 Å². The van der Waals surface area contributed by atoms with Gasteiger partial charge < -0.3 is 23.8 Å². The Morgan fingerprint density at radius 2 is 1.33 bits per heavy atom. The van der Waals surface area contributed by atoms with Crippen LogP contribution in [-0.4, -0.2) is 58.5 Å². The highest BCUT2D eigenvalue weighted by Gasteiger charge is 2.19. The van der Waals surface area contributed by atoms with Crippen molar-refractivity contribution in [3.05, 3.63) is 77.9 Å². The van der Waals surface area contributed by atoms with Crippen LogP contribution >= 0.6 is 12.4 Å². The molecule has 6 nitrogen and oxygen atoms in total. The molecule has 0 radical (unpaired) electrons. The molecule has 1 aliphatic heterocycles. The molecule has 3 aromatic rings. The normalized spacial score (nSPS) is 13.6. The van der Waals surface area contributed by atoms with Gasteiger partial charge in [0.05, 0.1) is 26.5 Å². The van der Waals surface area contributed by atoms with Gasteiger partial charge in [-0.1, -0.05) is 36.4 Å². The van der Waals surface area contributed by atoms with Crippen LogP contribution < -0.4 is 23.8 Å². The number of nitrogens with zero attached hydrogens (tertiary/aromatic N) is 2. The summed E-state index contributed by atoms with van der Waals surface area (Å²) in [5, 5.41) is 0. The van der Waals surface area contributed by atoms with Gasteiger partial charge in [-0.05, 0) is 36.6 Å². The zero-order valence-electron chi connectivity index (χ0n) is 21.4. The average Bonchev–Trinajstić information content (AvgIpc) is 2.92. The first-order valence-corrected chi connectivity index (χ1v) is 12.3. The van der Waals surface area contributed by atoms with E-state index in [1.54, 1.807) is 14.2 Å². The highest BCUT2D eigenvalue weighted by atomic mass is 35.5. The second kappa shape index (κ2) is 13.9. The predicted molar refractivity (Wildman–Crippen MR) is 148 cm³/mol. The molecular weight excluding hydrogens is 476 g/mol. The van der Waals surface area contributed by atoms with Crippen molar-refractivity contribution in [2.45, 2.75) is 20.0 Å². The average molecular weight is 513 g/mol. The van der Waals surface area contributed by atoms with Gasteiger partial charge in [0.15, 0.2) is 0 Å². The second-order valence-corrected chi connectivity index (χ2v) is 8.63. The largest absolute Gasteiger partial charge is 0.496 e. The fourth-order valence-electron chi connectivity index (χ4n) is 4.33. The fraction of sp³-hybridized carbons (Fsp3) is 0.379. The molecule has 1 aliphatic rings. The zero-order chi connectivity index (χ0) is 24.5. The molecule has 0 aliphatic carbocycles. The van der Waals surface area contributed by atoms with Crippen LogP contribution in [0.15, 0.2) is 66.7 Å². The van der Waals surface area contributed by atoms with Crippen molar-refractivity contribution in [1.29, 1.82) is 0 Å². The quantitative estimate of drug-likeness (QED) is 0.339. The van der Waals surface area contributed by atoms with Crippen molar-refractivity contribution in [1.82, 2.24) is 4.90 Å². The number of methoxy groups -OCH3 is 2. The van der Waals surface area contributed by atoms with Crippen molar-refractivity contribution in [2.24, 2.45) is 0 Å². The topological polar surface area (TPSA) is 43.4 Å². The predicted octanol–water partition coefficient (Wildman–Crippen LogP) is 5.47. The zero-order valence-corrected chi connectivity index (χ0v) is 22.3. The Hall–Kier alpha value is -3.09. The number of rotatable bonds is 11. The van der Waals surface area contributed by atoms with Crippen LogP contribution in [0.5, 0.6) is 23.0 Å². The molecule has 194 valence electrons. The Kier molecular flexibility index (Phi) is 10.6. The molecule has 4 rings (SSSR count). The maximum atomic E-state index is 5.96. The van der Waals surface area contributed by atoms with E-state index in [0.717, 1.165) is 56.2 Å². The molecule has 0 bridgehead atoms. The smallest absolute Gasteiger partial charge is 0.142 e. The van der Waals surface area contributed by atoms with Crippen LogP contribution in [0.3, 0.4) is 0 Å². The number of hydrogen-bond acceptors (Lipinski definition) is 6. The minimum atomic E-state index is 0. The lowest BCUT2D eigenvalue weighted by Gasteiger charge is -2.36. The van der Waals surface area contributed by atoms with E-state index in [0.29, 0.717) is 24.7 Å². The standard InChI is InChI=1S/C29H36N2O4.ClH/c1-4-34-29-8-6-5-7-28(29)31-17-15-30(16-18-31)14-13-23-9-11-24(12-10-23)22-35-27-20-25(32-2)19-26(21-27)33-3;/h5-12,19-21H,4,13-18,22H2,1-3H3;1H. The Morgan fingerprint density at radius 3 is 1.97 bits per heavy atom. The first-order valence-electron chi connectivity index (χ1n) is 12.3. The molecule has 36 heavy (non-hydrogen) atoms. The van der Waals surface area contributed by atoms with E-state index in [1.807, 2.05) is 31.2 Å². The second-order valence-electron chi connectivity index (χ2n) is 8.63. The van der Waals surface area contributed by atoms with Crippen molar-refractivity contribution in [2.75, 3.05) is 58.5 Å². The third-order valence-electron chi connectivity index (χ3n) is 6.35. The third-order valence-corrected chi connectivity index (χ3v) is 6.35. The van der Waals surface area contributed by atoms with Gasteiger partial charge in [0.25, 0.3) is 0 Å². The van der Waals surface area contributed by atoms with Gasteiger partial charge in [-0.2, -0.15) is 0 Å². The molecule has 0 amide bonds. The molecule has 3 aromatic carbocycles. The summed E-state index contributed by atoms with van der Waals surface area (Å²) in [6, 6.07) is 22.6. The molecular formula is C29H37ClN2O4. The minimum Gasteiger partial charge on any atom is -0.496 e. The van der Waals surface area contributed by atoms with Crippen LogP contribution in [0.25, 0.3) is 0 Å². The van der Waals surface area contributed by atoms with Crippen LogP contribution in [0.1, 0.15) is 18.1 Å². The Bertz CT molecular complexity index is 1050. The van der Waals surface area contributed by atoms with Gasteiger partial charge in [-0.15, -0.1) is 12.4 Å². The highest BCUT2D eigenvalue weighted by molar-refractivity contribution is 5.85. The van der Waals surface area contributed by atoms with Gasteiger partial charge in [0.2, 0.25) is 0 Å². The first-order chi connectivity index (χ1) is 17.2. The van der Waals surface area contributed by atoms with Gasteiger partial charge in [0.1, 0.15) is 29.6 Å². The van der Waals surface area contributed by atoms with Crippen LogP contribution in [0, 0.1) is 0 Å². The number of anilines is 1. The summed E-state index contributed by atoms with van der Waals surface area (Å²) in [7, 11) is 3.28. The van der Waals surface area contributed by atoms with E-state index in [4.69, 9.17) is 18.9 Å². The van der Waals surface area contributed by atoms with E-state index < -0.39 is 0 Å². The lowest BCUT2D eigenvalue weighted by Crippen LogP contribution is -2.47. The summed E-state index contributed by atoms with van der Waals surface area (Å²) < 4.78 is 22.4. The van der Waals surface area contributed by atoms with E-state index in [1.165, 1.54) is 11.3 Å². The summed E-state index contributed by atoms with van der Waals surface area (Å²) in [4.78, 5) is 4.99. The highest BCUT2D eigenvalue weighted by Crippen LogP contribution is 2.29. The number of hydrogen-bond donors (Lipinski definition) is 0. The third kappa shape index (κ3) is 7.45. The molecule has 0 spiro atoms. The molecule has 1 heterocycles. The maximum Gasteiger partial charge on any atom is 0.142 e. The lowest BCUT2D eigenvalue weighted by atomic mass is 10.1. The van der Waals surface area contributed by atoms with Crippen LogP contribution in [0.4, 0.5) is 5.69 Å². The van der Waals surface area contributed by atoms with Gasteiger partial charge in [0, 0.05) is 50.9 Å². The molecule has 0 N–H and O–H groups in total. The summed E-state index contributed by atoms with van der Waals surface area (Å²) in [6.45, 7) is 8.48. The van der Waals surface area contributed by atoms with E-state index in [9.17, 15) is 0 Å². The summed E-state index contributed by atoms with van der Waals surface area (Å²) in [5.41, 5.74) is 3.69. The number of piperazine rings is 1. The Morgan fingerprint density at radius 1 is 0.722 bits per heavy atom. The number of ether oxygens (including phenoxy) is 4. The minimum absolute atomic E-state index is 0. The summed E-state index contributed by atoms with van der Waals surface area (Å²) in [6.07, 6.45) is 1.05. The molecule has 7 heteroatoms. The molecule has 1 saturated heterocycles. The van der Waals surface area contributed by atoms with Crippen molar-refractivity contribution >= 4 is 18.1 Å². The Labute approximate surface area is 221 Å². The van der Waals surface area contributed by atoms with E-state index in [-0.39, 0.29) is 12.4 Å². The lowest BCUT2D eigenvalue weighted by molar-refractivity contribution is 0.259. The van der Waals surface area contributed by atoms with Gasteiger partial charge >= 0.3 is 0 Å². The molecule has 1 fully saturated rings. The van der Waals surface area contributed by atoms with Gasteiger partial charge in [-0.3, -0.25) is 4.90 Å². The summed E-state index contributed by atoms with van der Waals surface area (Å²) >= 11 is 0. The van der Waals surface area contributed by atoms with Crippen molar-refractivity contribution < 1.29 is 18.9 Å². The Balaban J connectivity index is 0.00000361. The van der Waals surface area contributed by atoms with Crippen LogP contribution in [0.2, 0.25) is 0 Å². The molecule has 0 aromatic heterocycles.